The second kappa shape index (κ2) is 8.30. The number of hydrogen-bond donors (Lipinski definition) is 1. The van der Waals surface area contributed by atoms with Gasteiger partial charge in [-0.15, -0.1) is 0 Å². The largest absolute Gasteiger partial charge is 0.483 e. The average Bonchev–Trinajstić information content (AvgIpc) is 2.53. The first-order valence-corrected chi connectivity index (χ1v) is 8.67. The van der Waals surface area contributed by atoms with Crippen molar-refractivity contribution in [1.82, 2.24) is 0 Å². The topological polar surface area (TPSA) is 58.6 Å². The van der Waals surface area contributed by atoms with Crippen molar-refractivity contribution in [2.75, 3.05) is 23.9 Å². The second-order valence-electron chi connectivity index (χ2n) is 5.04. The Balaban J connectivity index is 1.97. The van der Waals surface area contributed by atoms with Crippen LogP contribution in [0.5, 0.6) is 5.75 Å². The van der Waals surface area contributed by atoms with E-state index in [4.69, 9.17) is 4.74 Å². The Morgan fingerprint density at radius 2 is 1.92 bits per heavy atom. The van der Waals surface area contributed by atoms with Gasteiger partial charge >= 0.3 is 0 Å². The Morgan fingerprint density at radius 3 is 2.58 bits per heavy atom. The van der Waals surface area contributed by atoms with Crippen molar-refractivity contribution in [2.45, 2.75) is 6.92 Å². The fourth-order valence-corrected chi connectivity index (χ4v) is 3.07. The molecule has 0 fully saturated rings. The Morgan fingerprint density at radius 1 is 1.17 bits per heavy atom. The molecule has 5 nitrogen and oxygen atoms in total. The number of anilines is 2. The minimum atomic E-state index is -0.285. The number of hydrogen-bond acceptors (Lipinski definition) is 3. The van der Waals surface area contributed by atoms with E-state index in [-0.39, 0.29) is 18.4 Å². The lowest BCUT2D eigenvalue weighted by Crippen LogP contribution is -2.23. The molecule has 7 heteroatoms. The van der Waals surface area contributed by atoms with E-state index < -0.39 is 0 Å². The lowest BCUT2D eigenvalue weighted by Gasteiger charge is -2.16. The van der Waals surface area contributed by atoms with Gasteiger partial charge in [-0.3, -0.25) is 9.59 Å². The molecule has 2 rings (SSSR count). The van der Waals surface area contributed by atoms with Crippen molar-refractivity contribution < 1.29 is 14.3 Å². The predicted molar refractivity (Wildman–Crippen MR) is 101 cm³/mol. The molecule has 2 amide bonds. The van der Waals surface area contributed by atoms with Gasteiger partial charge in [0.2, 0.25) is 5.91 Å². The summed E-state index contributed by atoms with van der Waals surface area (Å²) in [5, 5.41) is 2.75. The predicted octanol–water partition coefficient (Wildman–Crippen LogP) is 4.21. The van der Waals surface area contributed by atoms with Crippen molar-refractivity contribution in [3.63, 3.8) is 0 Å². The van der Waals surface area contributed by atoms with Gasteiger partial charge in [0.15, 0.2) is 6.61 Å². The average molecular weight is 456 g/mol. The zero-order valence-corrected chi connectivity index (χ0v) is 16.3. The SMILES string of the molecule is CC(=O)N(C)c1cccc(NC(=O)COc2ccc(Br)cc2Br)c1. The molecular weight excluding hydrogens is 440 g/mol. The first-order chi connectivity index (χ1) is 11.4. The molecule has 24 heavy (non-hydrogen) atoms. The number of carbonyl (C=O) groups is 2. The van der Waals surface area contributed by atoms with Crippen molar-refractivity contribution in [2.24, 2.45) is 0 Å². The van der Waals surface area contributed by atoms with E-state index in [1.54, 1.807) is 37.4 Å². The molecule has 0 spiro atoms. The van der Waals surface area contributed by atoms with E-state index in [0.717, 1.165) is 8.95 Å². The maximum atomic E-state index is 12.0. The molecule has 1 N–H and O–H groups in total. The summed E-state index contributed by atoms with van der Waals surface area (Å²) in [7, 11) is 1.68. The Hall–Kier alpha value is -1.86. The van der Waals surface area contributed by atoms with Crippen molar-refractivity contribution in [3.05, 3.63) is 51.4 Å². The van der Waals surface area contributed by atoms with Crippen LogP contribution in [0, 0.1) is 0 Å². The van der Waals surface area contributed by atoms with Gasteiger partial charge in [-0.1, -0.05) is 22.0 Å². The van der Waals surface area contributed by atoms with E-state index in [1.165, 1.54) is 11.8 Å². The second-order valence-corrected chi connectivity index (χ2v) is 6.81. The molecule has 0 saturated heterocycles. The lowest BCUT2D eigenvalue weighted by molar-refractivity contribution is -0.118. The lowest BCUT2D eigenvalue weighted by atomic mass is 10.2. The maximum absolute atomic E-state index is 12.0. The molecule has 0 heterocycles. The number of ether oxygens (including phenoxy) is 1. The van der Waals surface area contributed by atoms with E-state index in [1.807, 2.05) is 12.1 Å². The van der Waals surface area contributed by atoms with Gasteiger partial charge in [-0.2, -0.15) is 0 Å². The third-order valence-electron chi connectivity index (χ3n) is 3.24. The summed E-state index contributed by atoms with van der Waals surface area (Å²) in [4.78, 5) is 24.9. The first-order valence-electron chi connectivity index (χ1n) is 7.09. The van der Waals surface area contributed by atoms with Crippen molar-refractivity contribution in [3.8, 4) is 5.75 Å². The Bertz CT molecular complexity index is 765. The molecular formula is C17H16Br2N2O3. The third kappa shape index (κ3) is 5.07. The van der Waals surface area contributed by atoms with E-state index in [2.05, 4.69) is 37.2 Å². The summed E-state index contributed by atoms with van der Waals surface area (Å²) in [6.07, 6.45) is 0. The number of nitrogens with zero attached hydrogens (tertiary/aromatic N) is 1. The van der Waals surface area contributed by atoms with Crippen LogP contribution < -0.4 is 15.0 Å². The van der Waals surface area contributed by atoms with Gasteiger partial charge in [-0.25, -0.2) is 0 Å². The molecule has 0 aromatic heterocycles. The van der Waals surface area contributed by atoms with Gasteiger partial charge in [0.1, 0.15) is 5.75 Å². The molecule has 0 atom stereocenters. The standard InChI is InChI=1S/C17H16Br2N2O3/c1-11(22)21(2)14-5-3-4-13(9-14)20-17(23)10-24-16-7-6-12(18)8-15(16)19/h3-9H,10H2,1-2H3,(H,20,23). The first kappa shape index (κ1) is 18.5. The van der Waals surface area contributed by atoms with E-state index in [9.17, 15) is 9.59 Å². The zero-order valence-electron chi connectivity index (χ0n) is 13.2. The minimum Gasteiger partial charge on any atom is -0.483 e. The highest BCUT2D eigenvalue weighted by Crippen LogP contribution is 2.28. The highest BCUT2D eigenvalue weighted by atomic mass is 79.9. The normalized spacial score (nSPS) is 10.2. The third-order valence-corrected chi connectivity index (χ3v) is 4.36. The summed E-state index contributed by atoms with van der Waals surface area (Å²) in [5.41, 5.74) is 1.31. The van der Waals surface area contributed by atoms with Gasteiger partial charge < -0.3 is 15.0 Å². The molecule has 0 aliphatic heterocycles. The number of benzene rings is 2. The van der Waals surface area contributed by atoms with Gasteiger partial charge in [0.05, 0.1) is 4.47 Å². The smallest absolute Gasteiger partial charge is 0.262 e. The van der Waals surface area contributed by atoms with Crippen LogP contribution in [0.4, 0.5) is 11.4 Å². The van der Waals surface area contributed by atoms with Gasteiger partial charge in [0.25, 0.3) is 5.91 Å². The fourth-order valence-electron chi connectivity index (χ4n) is 1.91. The van der Waals surface area contributed by atoms with Crippen LogP contribution in [0.2, 0.25) is 0 Å². The molecule has 126 valence electrons. The summed E-state index contributed by atoms with van der Waals surface area (Å²) in [6.45, 7) is 1.36. The van der Waals surface area contributed by atoms with Crippen LogP contribution in [-0.2, 0) is 9.59 Å². The van der Waals surface area contributed by atoms with Crippen LogP contribution in [0.25, 0.3) is 0 Å². The molecule has 0 aliphatic carbocycles. The Kier molecular flexibility index (Phi) is 6.39. The number of amides is 2. The van der Waals surface area contributed by atoms with Gasteiger partial charge in [0, 0.05) is 29.8 Å². The molecule has 2 aromatic rings. The van der Waals surface area contributed by atoms with E-state index in [0.29, 0.717) is 17.1 Å². The molecule has 0 bridgehead atoms. The highest BCUT2D eigenvalue weighted by Gasteiger charge is 2.09. The van der Waals surface area contributed by atoms with Crippen LogP contribution >= 0.6 is 31.9 Å². The number of rotatable bonds is 5. The Labute approximate surface area is 157 Å². The summed E-state index contributed by atoms with van der Waals surface area (Å²) in [5.74, 6) is 0.216. The number of nitrogens with one attached hydrogen (secondary N) is 1. The molecule has 0 saturated carbocycles. The maximum Gasteiger partial charge on any atom is 0.262 e. The molecule has 0 unspecified atom stereocenters. The molecule has 0 aliphatic rings. The number of carbonyl (C=O) groups excluding carboxylic acids is 2. The monoisotopic (exact) mass is 454 g/mol. The van der Waals surface area contributed by atoms with E-state index >= 15 is 0 Å². The number of halogens is 2. The van der Waals surface area contributed by atoms with Crippen LogP contribution in [0.1, 0.15) is 6.92 Å². The minimum absolute atomic E-state index is 0.0816. The molecule has 2 aromatic carbocycles. The van der Waals surface area contributed by atoms with Crippen LogP contribution in [0.15, 0.2) is 51.4 Å². The van der Waals surface area contributed by atoms with Crippen LogP contribution in [-0.4, -0.2) is 25.5 Å². The highest BCUT2D eigenvalue weighted by molar-refractivity contribution is 9.11. The zero-order chi connectivity index (χ0) is 17.7. The quantitative estimate of drug-likeness (QED) is 0.734. The molecule has 0 radical (unpaired) electrons. The fraction of sp³-hybridized carbons (Fsp3) is 0.176. The van der Waals surface area contributed by atoms with Gasteiger partial charge in [-0.05, 0) is 52.3 Å². The van der Waals surface area contributed by atoms with Crippen molar-refractivity contribution >= 4 is 55.0 Å². The summed E-state index contributed by atoms with van der Waals surface area (Å²) >= 11 is 6.74. The van der Waals surface area contributed by atoms with Crippen molar-refractivity contribution in [1.29, 1.82) is 0 Å². The summed E-state index contributed by atoms with van der Waals surface area (Å²) < 4.78 is 7.17. The summed E-state index contributed by atoms with van der Waals surface area (Å²) in [6, 6.07) is 12.5. The van der Waals surface area contributed by atoms with Crippen LogP contribution in [0.3, 0.4) is 0 Å².